The van der Waals surface area contributed by atoms with Gasteiger partial charge >= 0.3 is 0 Å². The lowest BCUT2D eigenvalue weighted by atomic mass is 10.0. The number of aryl methyl sites for hydroxylation is 1. The first kappa shape index (κ1) is 20.0. The number of alkyl halides is 2. The van der Waals surface area contributed by atoms with Gasteiger partial charge in [0, 0.05) is 32.0 Å². The SMILES string of the molecule is Cc1c(C(F)F)c(=O)[nH]c2cc(CN3CC=C(c4ccc(C=O)nc4)CC3)cnc12. The van der Waals surface area contributed by atoms with Gasteiger partial charge in [-0.25, -0.2) is 8.78 Å². The number of rotatable bonds is 5. The van der Waals surface area contributed by atoms with Crippen LogP contribution in [0.5, 0.6) is 0 Å². The molecule has 4 rings (SSSR count). The van der Waals surface area contributed by atoms with E-state index in [0.29, 0.717) is 23.3 Å². The topological polar surface area (TPSA) is 79.0 Å². The maximum atomic E-state index is 13.1. The highest BCUT2D eigenvalue weighted by atomic mass is 19.3. The van der Waals surface area contributed by atoms with E-state index in [1.54, 1.807) is 24.5 Å². The van der Waals surface area contributed by atoms with Crippen molar-refractivity contribution in [3.05, 3.63) is 75.0 Å². The van der Waals surface area contributed by atoms with Gasteiger partial charge in [0.2, 0.25) is 0 Å². The van der Waals surface area contributed by atoms with Gasteiger partial charge in [-0.2, -0.15) is 0 Å². The molecule has 1 aliphatic heterocycles. The molecule has 0 radical (unpaired) electrons. The normalized spacial score (nSPS) is 14.9. The number of nitrogens with one attached hydrogen (secondary N) is 1. The Hall–Kier alpha value is -3.26. The summed E-state index contributed by atoms with van der Waals surface area (Å²) < 4.78 is 26.2. The molecule has 6 nitrogen and oxygen atoms in total. The number of aromatic nitrogens is 3. The van der Waals surface area contributed by atoms with Crippen LogP contribution in [0, 0.1) is 6.92 Å². The monoisotopic (exact) mass is 410 g/mol. The molecule has 0 aromatic carbocycles. The molecule has 0 amide bonds. The van der Waals surface area contributed by atoms with E-state index in [-0.39, 0.29) is 5.56 Å². The van der Waals surface area contributed by atoms with Crippen molar-refractivity contribution < 1.29 is 13.6 Å². The number of halogens is 2. The lowest BCUT2D eigenvalue weighted by molar-refractivity contribution is 0.111. The summed E-state index contributed by atoms with van der Waals surface area (Å²) in [5.74, 6) is 0. The molecule has 0 fully saturated rings. The number of aromatic amines is 1. The molecular formula is C22H20F2N4O2. The minimum Gasteiger partial charge on any atom is -0.320 e. The zero-order valence-corrected chi connectivity index (χ0v) is 16.4. The van der Waals surface area contributed by atoms with Gasteiger partial charge in [-0.05, 0) is 47.7 Å². The van der Waals surface area contributed by atoms with Gasteiger partial charge in [-0.15, -0.1) is 0 Å². The summed E-state index contributed by atoms with van der Waals surface area (Å²) in [6.45, 7) is 3.70. The standard InChI is InChI=1S/C22H20F2N4O2/c1-13-19(21(23)24)22(30)27-18-8-14(9-26-20(13)18)11-28-6-4-15(5-7-28)16-2-3-17(12-29)25-10-16/h2-4,8-10,12,21H,5-7,11H2,1H3,(H,27,30). The van der Waals surface area contributed by atoms with Crippen molar-refractivity contribution in [3.8, 4) is 0 Å². The van der Waals surface area contributed by atoms with Crippen LogP contribution in [0.3, 0.4) is 0 Å². The first-order valence-electron chi connectivity index (χ1n) is 9.59. The Morgan fingerprint density at radius 2 is 2.10 bits per heavy atom. The molecule has 1 N–H and O–H groups in total. The molecule has 154 valence electrons. The van der Waals surface area contributed by atoms with Gasteiger partial charge in [0.1, 0.15) is 5.69 Å². The lowest BCUT2D eigenvalue weighted by Crippen LogP contribution is -2.28. The van der Waals surface area contributed by atoms with E-state index in [2.05, 4.69) is 25.9 Å². The van der Waals surface area contributed by atoms with Gasteiger partial charge in [-0.1, -0.05) is 12.1 Å². The summed E-state index contributed by atoms with van der Waals surface area (Å²) in [5, 5.41) is 0. The third kappa shape index (κ3) is 3.91. The molecule has 0 spiro atoms. The van der Waals surface area contributed by atoms with Crippen molar-refractivity contribution in [1.29, 1.82) is 0 Å². The lowest BCUT2D eigenvalue weighted by Gasteiger charge is -2.26. The molecule has 1 aliphatic rings. The minimum absolute atomic E-state index is 0.218. The number of fused-ring (bicyclic) bond motifs is 1. The number of H-pyrrole nitrogens is 1. The molecule has 3 aromatic rings. The summed E-state index contributed by atoms with van der Waals surface area (Å²) in [7, 11) is 0. The van der Waals surface area contributed by atoms with Crippen LogP contribution in [0.15, 0.2) is 41.5 Å². The Bertz CT molecular complexity index is 1190. The number of carbonyl (C=O) groups is 1. The molecule has 30 heavy (non-hydrogen) atoms. The quantitative estimate of drug-likeness (QED) is 0.650. The van der Waals surface area contributed by atoms with Crippen LogP contribution in [-0.4, -0.2) is 39.2 Å². The van der Waals surface area contributed by atoms with Crippen molar-refractivity contribution in [2.45, 2.75) is 26.3 Å². The molecular weight excluding hydrogens is 390 g/mol. The predicted molar refractivity (Wildman–Crippen MR) is 110 cm³/mol. The Balaban J connectivity index is 1.51. The van der Waals surface area contributed by atoms with E-state index in [9.17, 15) is 18.4 Å². The molecule has 0 saturated heterocycles. The maximum absolute atomic E-state index is 13.1. The average Bonchev–Trinajstić information content (AvgIpc) is 2.74. The van der Waals surface area contributed by atoms with Gasteiger partial charge in [-0.3, -0.25) is 24.5 Å². The Labute approximate surface area is 171 Å². The molecule has 0 saturated carbocycles. The van der Waals surface area contributed by atoms with Gasteiger partial charge < -0.3 is 4.98 Å². The van der Waals surface area contributed by atoms with Crippen LogP contribution in [0.4, 0.5) is 8.78 Å². The second-order valence-corrected chi connectivity index (χ2v) is 7.34. The number of nitrogens with zero attached hydrogens (tertiary/aromatic N) is 3. The highest BCUT2D eigenvalue weighted by molar-refractivity contribution is 5.79. The molecule has 0 unspecified atom stereocenters. The predicted octanol–water partition coefficient (Wildman–Crippen LogP) is 3.67. The zero-order chi connectivity index (χ0) is 21.3. The highest BCUT2D eigenvalue weighted by Gasteiger charge is 2.19. The van der Waals surface area contributed by atoms with Crippen LogP contribution in [-0.2, 0) is 6.54 Å². The Morgan fingerprint density at radius 3 is 2.73 bits per heavy atom. The summed E-state index contributed by atoms with van der Waals surface area (Å²) >= 11 is 0. The van der Waals surface area contributed by atoms with E-state index < -0.39 is 17.5 Å². The minimum atomic E-state index is -2.83. The van der Waals surface area contributed by atoms with Crippen molar-refractivity contribution >= 4 is 22.9 Å². The summed E-state index contributed by atoms with van der Waals surface area (Å²) in [5.41, 5.74) is 3.29. The van der Waals surface area contributed by atoms with E-state index in [1.807, 2.05) is 6.07 Å². The Kier molecular flexibility index (Phi) is 5.50. The molecule has 3 aromatic heterocycles. The van der Waals surface area contributed by atoms with E-state index in [4.69, 9.17) is 0 Å². The van der Waals surface area contributed by atoms with Gasteiger partial charge in [0.25, 0.3) is 12.0 Å². The van der Waals surface area contributed by atoms with E-state index >= 15 is 0 Å². The number of aldehydes is 1. The molecule has 4 heterocycles. The van der Waals surface area contributed by atoms with E-state index in [1.165, 1.54) is 12.5 Å². The van der Waals surface area contributed by atoms with Crippen LogP contribution in [0.25, 0.3) is 16.6 Å². The van der Waals surface area contributed by atoms with Crippen molar-refractivity contribution in [3.63, 3.8) is 0 Å². The smallest absolute Gasteiger partial charge is 0.269 e. The van der Waals surface area contributed by atoms with Gasteiger partial charge in [0.15, 0.2) is 6.29 Å². The molecule has 8 heteroatoms. The number of hydrogen-bond donors (Lipinski definition) is 1. The third-order valence-corrected chi connectivity index (χ3v) is 5.39. The van der Waals surface area contributed by atoms with Crippen LogP contribution < -0.4 is 5.56 Å². The molecule has 0 bridgehead atoms. The van der Waals surface area contributed by atoms with Crippen molar-refractivity contribution in [2.24, 2.45) is 0 Å². The fourth-order valence-corrected chi connectivity index (χ4v) is 3.78. The fraction of sp³-hybridized carbons (Fsp3) is 0.273. The largest absolute Gasteiger partial charge is 0.320 e. The van der Waals surface area contributed by atoms with E-state index in [0.717, 1.165) is 36.9 Å². The highest BCUT2D eigenvalue weighted by Crippen LogP contribution is 2.25. The second kappa shape index (κ2) is 8.23. The van der Waals surface area contributed by atoms with Crippen LogP contribution in [0.1, 0.15) is 45.6 Å². The Morgan fingerprint density at radius 1 is 1.27 bits per heavy atom. The number of pyridine rings is 3. The van der Waals surface area contributed by atoms with Crippen molar-refractivity contribution in [2.75, 3.05) is 13.1 Å². The summed E-state index contributed by atoms with van der Waals surface area (Å²) in [4.78, 5) is 35.9. The average molecular weight is 410 g/mol. The molecule has 0 atom stereocenters. The number of carbonyl (C=O) groups excluding carboxylic acids is 1. The summed E-state index contributed by atoms with van der Waals surface area (Å²) in [6, 6.07) is 5.41. The fourth-order valence-electron chi connectivity index (χ4n) is 3.78. The van der Waals surface area contributed by atoms with Gasteiger partial charge in [0.05, 0.1) is 16.6 Å². The van der Waals surface area contributed by atoms with Crippen LogP contribution in [0.2, 0.25) is 0 Å². The van der Waals surface area contributed by atoms with Crippen molar-refractivity contribution in [1.82, 2.24) is 19.9 Å². The molecule has 0 aliphatic carbocycles. The second-order valence-electron chi connectivity index (χ2n) is 7.34. The summed E-state index contributed by atoms with van der Waals surface area (Å²) in [6.07, 6.45) is 4.25. The van der Waals surface area contributed by atoms with Crippen LogP contribution >= 0.6 is 0 Å². The maximum Gasteiger partial charge on any atom is 0.269 e. The third-order valence-electron chi connectivity index (χ3n) is 5.39. The first-order valence-corrected chi connectivity index (χ1v) is 9.59. The number of hydrogen-bond acceptors (Lipinski definition) is 5. The first-order chi connectivity index (χ1) is 14.5. The zero-order valence-electron chi connectivity index (χ0n) is 16.4.